The van der Waals surface area contributed by atoms with Crippen molar-refractivity contribution in [2.45, 2.75) is 6.04 Å². The van der Waals surface area contributed by atoms with Crippen LogP contribution in [0.15, 0.2) is 77.9 Å². The summed E-state index contributed by atoms with van der Waals surface area (Å²) in [6.07, 6.45) is 1.93. The molecule has 0 N–H and O–H groups in total. The minimum Gasteiger partial charge on any atom is -0.497 e. The molecule has 3 aromatic rings. The summed E-state index contributed by atoms with van der Waals surface area (Å²) < 4.78 is 5.29. The number of benzene rings is 3. The van der Waals surface area contributed by atoms with Crippen molar-refractivity contribution in [3.05, 3.63) is 89.5 Å². The lowest BCUT2D eigenvalue weighted by atomic mass is 10.0. The van der Waals surface area contributed by atoms with E-state index in [-0.39, 0.29) is 0 Å². The SMILES string of the molecule is COc1cccc(/C=N/N2CCN(C3c4ccccc4-c4ccccc43)CC2)c1. The van der Waals surface area contributed by atoms with E-state index in [0.717, 1.165) is 37.5 Å². The first-order chi connectivity index (χ1) is 14.3. The minimum absolute atomic E-state index is 0.354. The molecular weight excluding hydrogens is 358 g/mol. The van der Waals surface area contributed by atoms with Crippen molar-refractivity contribution in [2.24, 2.45) is 5.10 Å². The highest BCUT2D eigenvalue weighted by molar-refractivity contribution is 5.80. The number of hydrogen-bond donors (Lipinski definition) is 0. The highest BCUT2D eigenvalue weighted by Crippen LogP contribution is 2.46. The molecule has 5 rings (SSSR count). The lowest BCUT2D eigenvalue weighted by Crippen LogP contribution is -2.45. The quantitative estimate of drug-likeness (QED) is 0.625. The van der Waals surface area contributed by atoms with E-state index in [9.17, 15) is 0 Å². The fourth-order valence-corrected chi connectivity index (χ4v) is 4.48. The smallest absolute Gasteiger partial charge is 0.119 e. The zero-order chi connectivity index (χ0) is 19.6. The Morgan fingerprint density at radius 2 is 1.48 bits per heavy atom. The maximum Gasteiger partial charge on any atom is 0.119 e. The van der Waals surface area contributed by atoms with Gasteiger partial charge in [0.2, 0.25) is 0 Å². The van der Waals surface area contributed by atoms with Gasteiger partial charge in [-0.25, -0.2) is 0 Å². The zero-order valence-corrected chi connectivity index (χ0v) is 16.7. The van der Waals surface area contributed by atoms with E-state index in [4.69, 9.17) is 9.84 Å². The van der Waals surface area contributed by atoms with Gasteiger partial charge in [0.25, 0.3) is 0 Å². The van der Waals surface area contributed by atoms with Gasteiger partial charge in [-0.15, -0.1) is 0 Å². The molecule has 1 heterocycles. The first-order valence-electron chi connectivity index (χ1n) is 10.2. The minimum atomic E-state index is 0.354. The Morgan fingerprint density at radius 1 is 0.828 bits per heavy atom. The highest BCUT2D eigenvalue weighted by atomic mass is 16.5. The van der Waals surface area contributed by atoms with Crippen LogP contribution < -0.4 is 4.74 Å². The van der Waals surface area contributed by atoms with Gasteiger partial charge in [0.1, 0.15) is 5.75 Å². The molecule has 0 atom stereocenters. The Kier molecular flexibility index (Phi) is 4.78. The van der Waals surface area contributed by atoms with E-state index in [0.29, 0.717) is 6.04 Å². The Morgan fingerprint density at radius 3 is 2.14 bits per heavy atom. The molecule has 4 heteroatoms. The van der Waals surface area contributed by atoms with Crippen LogP contribution in [0.25, 0.3) is 11.1 Å². The molecule has 0 saturated carbocycles. The second-order valence-electron chi connectivity index (χ2n) is 7.59. The van der Waals surface area contributed by atoms with Crippen molar-refractivity contribution >= 4 is 6.21 Å². The molecule has 1 aliphatic heterocycles. The summed E-state index contributed by atoms with van der Waals surface area (Å²) >= 11 is 0. The largest absolute Gasteiger partial charge is 0.497 e. The highest BCUT2D eigenvalue weighted by Gasteiger charge is 2.33. The van der Waals surface area contributed by atoms with Crippen molar-refractivity contribution in [1.82, 2.24) is 9.91 Å². The van der Waals surface area contributed by atoms with Gasteiger partial charge in [-0.3, -0.25) is 9.91 Å². The molecule has 2 aliphatic rings. The maximum atomic E-state index is 5.29. The van der Waals surface area contributed by atoms with Gasteiger partial charge in [0, 0.05) is 26.2 Å². The Bertz CT molecular complexity index is 992. The van der Waals surface area contributed by atoms with Gasteiger partial charge in [0.05, 0.1) is 19.4 Å². The van der Waals surface area contributed by atoms with E-state index in [1.165, 1.54) is 22.3 Å². The second kappa shape index (κ2) is 7.72. The molecule has 4 nitrogen and oxygen atoms in total. The van der Waals surface area contributed by atoms with Gasteiger partial charge >= 0.3 is 0 Å². The van der Waals surface area contributed by atoms with Gasteiger partial charge < -0.3 is 4.74 Å². The molecule has 146 valence electrons. The van der Waals surface area contributed by atoms with Gasteiger partial charge in [-0.1, -0.05) is 60.7 Å². The van der Waals surface area contributed by atoms with Crippen molar-refractivity contribution in [2.75, 3.05) is 33.3 Å². The lowest BCUT2D eigenvalue weighted by molar-refractivity contribution is 0.114. The monoisotopic (exact) mass is 383 g/mol. The summed E-state index contributed by atoms with van der Waals surface area (Å²) in [5.74, 6) is 0.859. The topological polar surface area (TPSA) is 28.1 Å². The van der Waals surface area contributed by atoms with Crippen LogP contribution in [0.1, 0.15) is 22.7 Å². The number of fused-ring (bicyclic) bond motifs is 3. The van der Waals surface area contributed by atoms with Crippen molar-refractivity contribution in [3.63, 3.8) is 0 Å². The molecule has 0 spiro atoms. The molecule has 3 aromatic carbocycles. The Balaban J connectivity index is 1.30. The molecular formula is C25H25N3O. The lowest BCUT2D eigenvalue weighted by Gasteiger charge is -2.37. The van der Waals surface area contributed by atoms with Crippen LogP contribution in [0.2, 0.25) is 0 Å². The first-order valence-corrected chi connectivity index (χ1v) is 10.2. The normalized spacial score (nSPS) is 16.8. The van der Waals surface area contributed by atoms with E-state index in [2.05, 4.69) is 64.5 Å². The number of nitrogens with zero attached hydrogens (tertiary/aromatic N) is 3. The third-order valence-electron chi connectivity index (χ3n) is 5.92. The number of methoxy groups -OCH3 is 1. The summed E-state index contributed by atoms with van der Waals surface area (Å²) in [5.41, 5.74) is 6.69. The molecule has 0 unspecified atom stereocenters. The summed E-state index contributed by atoms with van der Waals surface area (Å²) in [5, 5.41) is 6.87. The number of ether oxygens (including phenoxy) is 1. The molecule has 0 aromatic heterocycles. The van der Waals surface area contributed by atoms with E-state index in [1.807, 2.05) is 24.4 Å². The average Bonchev–Trinajstić information content (AvgIpc) is 3.13. The predicted molar refractivity (Wildman–Crippen MR) is 117 cm³/mol. The Hall–Kier alpha value is -3.11. The van der Waals surface area contributed by atoms with Crippen LogP contribution in [-0.4, -0.2) is 49.4 Å². The third kappa shape index (κ3) is 3.40. The van der Waals surface area contributed by atoms with Crippen LogP contribution >= 0.6 is 0 Å². The summed E-state index contributed by atoms with van der Waals surface area (Å²) in [7, 11) is 1.69. The third-order valence-corrected chi connectivity index (χ3v) is 5.92. The van der Waals surface area contributed by atoms with Crippen LogP contribution in [-0.2, 0) is 0 Å². The molecule has 1 aliphatic carbocycles. The molecule has 0 radical (unpaired) electrons. The van der Waals surface area contributed by atoms with E-state index < -0.39 is 0 Å². The van der Waals surface area contributed by atoms with Gasteiger partial charge in [-0.2, -0.15) is 5.10 Å². The van der Waals surface area contributed by atoms with Crippen molar-refractivity contribution < 1.29 is 4.74 Å². The molecule has 1 saturated heterocycles. The standard InChI is InChI=1S/C25H25N3O/c1-29-20-8-6-7-19(17-20)18-26-28-15-13-27(14-16-28)25-23-11-4-2-9-21(23)22-10-3-5-12-24(22)25/h2-12,17-18,25H,13-16H2,1H3/b26-18+. The number of piperazine rings is 1. The second-order valence-corrected chi connectivity index (χ2v) is 7.59. The zero-order valence-electron chi connectivity index (χ0n) is 16.7. The number of hydrogen-bond acceptors (Lipinski definition) is 4. The average molecular weight is 383 g/mol. The van der Waals surface area contributed by atoms with E-state index in [1.54, 1.807) is 7.11 Å². The van der Waals surface area contributed by atoms with Crippen LogP contribution in [0.3, 0.4) is 0 Å². The molecule has 29 heavy (non-hydrogen) atoms. The summed E-state index contributed by atoms with van der Waals surface area (Å²) in [6, 6.07) is 26.0. The molecule has 0 amide bonds. The Labute approximate surface area is 172 Å². The molecule has 0 bridgehead atoms. The van der Waals surface area contributed by atoms with Crippen molar-refractivity contribution in [3.8, 4) is 16.9 Å². The maximum absolute atomic E-state index is 5.29. The summed E-state index contributed by atoms with van der Waals surface area (Å²) in [4.78, 5) is 2.60. The number of hydrazone groups is 1. The van der Waals surface area contributed by atoms with Gasteiger partial charge in [-0.05, 0) is 39.9 Å². The van der Waals surface area contributed by atoms with Crippen LogP contribution in [0.5, 0.6) is 5.75 Å². The molecule has 1 fully saturated rings. The van der Waals surface area contributed by atoms with E-state index >= 15 is 0 Å². The predicted octanol–water partition coefficient (Wildman–Crippen LogP) is 4.42. The fourth-order valence-electron chi connectivity index (χ4n) is 4.48. The van der Waals surface area contributed by atoms with Crippen molar-refractivity contribution in [1.29, 1.82) is 0 Å². The number of rotatable bonds is 4. The van der Waals surface area contributed by atoms with Gasteiger partial charge in [0.15, 0.2) is 0 Å². The fraction of sp³-hybridized carbons (Fsp3) is 0.240. The van der Waals surface area contributed by atoms with Crippen LogP contribution in [0, 0.1) is 0 Å². The first kappa shape index (κ1) is 18.0. The van der Waals surface area contributed by atoms with Crippen LogP contribution in [0.4, 0.5) is 0 Å². The summed E-state index contributed by atoms with van der Waals surface area (Å²) in [6.45, 7) is 3.87.